The first-order valence-corrected chi connectivity index (χ1v) is 5.84. The highest BCUT2D eigenvalue weighted by Gasteiger charge is 2.13. The summed E-state index contributed by atoms with van der Waals surface area (Å²) in [6.07, 6.45) is 0. The summed E-state index contributed by atoms with van der Waals surface area (Å²) in [5.74, 6) is 0. The molecule has 0 aliphatic rings. The number of nitrogens with zero attached hydrogens (tertiary/aromatic N) is 2. The van der Waals surface area contributed by atoms with Gasteiger partial charge in [-0.1, -0.05) is 18.2 Å². The third-order valence-electron chi connectivity index (χ3n) is 3.33. The fourth-order valence-electron chi connectivity index (χ4n) is 2.21. The number of benzene rings is 1. The predicted molar refractivity (Wildman–Crippen MR) is 70.7 cm³/mol. The number of aromatic nitrogens is 2. The molecule has 2 aromatic rings. The predicted octanol–water partition coefficient (Wildman–Crippen LogP) is 2.47. The van der Waals surface area contributed by atoms with E-state index in [0.717, 1.165) is 11.4 Å². The zero-order chi connectivity index (χ0) is 12.6. The van der Waals surface area contributed by atoms with Crippen molar-refractivity contribution in [2.24, 2.45) is 12.8 Å². The molecule has 0 bridgehead atoms. The van der Waals surface area contributed by atoms with E-state index in [1.807, 2.05) is 18.7 Å². The van der Waals surface area contributed by atoms with Crippen molar-refractivity contribution in [3.05, 3.63) is 40.7 Å². The van der Waals surface area contributed by atoms with Crippen LogP contribution in [-0.2, 0) is 13.6 Å². The minimum Gasteiger partial charge on any atom is -0.325 e. The monoisotopic (exact) mass is 229 g/mol. The van der Waals surface area contributed by atoms with Crippen molar-refractivity contribution in [2.75, 3.05) is 0 Å². The van der Waals surface area contributed by atoms with Crippen LogP contribution >= 0.6 is 0 Å². The molecule has 2 N–H and O–H groups in total. The van der Waals surface area contributed by atoms with Crippen molar-refractivity contribution in [2.45, 2.75) is 27.3 Å². The molecule has 17 heavy (non-hydrogen) atoms. The standard InChI is InChI=1S/C14H19N3/c1-9-5-6-12(7-10(9)2)14-11(3)16-17(4)13(14)8-15/h5-7H,8,15H2,1-4H3. The molecule has 0 radical (unpaired) electrons. The van der Waals surface area contributed by atoms with E-state index < -0.39 is 0 Å². The molecule has 90 valence electrons. The maximum absolute atomic E-state index is 5.81. The number of hydrogen-bond acceptors (Lipinski definition) is 2. The second-order valence-electron chi connectivity index (χ2n) is 4.53. The zero-order valence-corrected chi connectivity index (χ0v) is 10.9. The first kappa shape index (κ1) is 11.9. The molecule has 0 fully saturated rings. The van der Waals surface area contributed by atoms with Gasteiger partial charge in [0.05, 0.1) is 11.4 Å². The van der Waals surface area contributed by atoms with Gasteiger partial charge in [-0.3, -0.25) is 4.68 Å². The Balaban J connectivity index is 2.63. The van der Waals surface area contributed by atoms with Crippen LogP contribution in [0.3, 0.4) is 0 Å². The van der Waals surface area contributed by atoms with Gasteiger partial charge in [0.25, 0.3) is 0 Å². The van der Waals surface area contributed by atoms with Gasteiger partial charge in [0, 0.05) is 19.2 Å². The van der Waals surface area contributed by atoms with Crippen LogP contribution in [0.25, 0.3) is 11.1 Å². The minimum atomic E-state index is 0.513. The lowest BCUT2D eigenvalue weighted by Gasteiger charge is -2.07. The molecule has 1 heterocycles. The molecule has 0 spiro atoms. The Morgan fingerprint density at radius 3 is 2.47 bits per heavy atom. The summed E-state index contributed by atoms with van der Waals surface area (Å²) in [5, 5.41) is 4.45. The Bertz CT molecular complexity index is 553. The molecule has 0 unspecified atom stereocenters. The first-order valence-electron chi connectivity index (χ1n) is 5.84. The van der Waals surface area contributed by atoms with Crippen molar-refractivity contribution in [3.63, 3.8) is 0 Å². The lowest BCUT2D eigenvalue weighted by atomic mass is 9.99. The molecule has 3 nitrogen and oxygen atoms in total. The van der Waals surface area contributed by atoms with Gasteiger partial charge in [-0.25, -0.2) is 0 Å². The number of aryl methyl sites for hydroxylation is 4. The molecule has 1 aromatic heterocycles. The van der Waals surface area contributed by atoms with E-state index in [-0.39, 0.29) is 0 Å². The van der Waals surface area contributed by atoms with Gasteiger partial charge in [0.1, 0.15) is 0 Å². The molecular formula is C14H19N3. The molecule has 3 heteroatoms. The van der Waals surface area contributed by atoms with Crippen LogP contribution in [0.5, 0.6) is 0 Å². The Morgan fingerprint density at radius 2 is 1.88 bits per heavy atom. The Hall–Kier alpha value is -1.61. The SMILES string of the molecule is Cc1ccc(-c2c(C)nn(C)c2CN)cc1C. The minimum absolute atomic E-state index is 0.513. The highest BCUT2D eigenvalue weighted by molar-refractivity contribution is 5.69. The first-order chi connectivity index (χ1) is 8.04. The van der Waals surface area contributed by atoms with E-state index in [0.29, 0.717) is 6.54 Å². The van der Waals surface area contributed by atoms with E-state index in [1.54, 1.807) is 0 Å². The van der Waals surface area contributed by atoms with Crippen LogP contribution in [0, 0.1) is 20.8 Å². The summed E-state index contributed by atoms with van der Waals surface area (Å²) in [6, 6.07) is 6.50. The molecule has 0 atom stereocenters. The normalized spacial score (nSPS) is 10.9. The summed E-state index contributed by atoms with van der Waals surface area (Å²) < 4.78 is 1.87. The number of rotatable bonds is 2. The third-order valence-corrected chi connectivity index (χ3v) is 3.33. The maximum Gasteiger partial charge on any atom is 0.0675 e. The van der Waals surface area contributed by atoms with E-state index in [2.05, 4.69) is 37.1 Å². The molecule has 0 aliphatic heterocycles. The summed E-state index contributed by atoms with van der Waals surface area (Å²) >= 11 is 0. The molecular weight excluding hydrogens is 210 g/mol. The number of nitrogens with two attached hydrogens (primary N) is 1. The van der Waals surface area contributed by atoms with Gasteiger partial charge in [0.15, 0.2) is 0 Å². The second-order valence-corrected chi connectivity index (χ2v) is 4.53. The van der Waals surface area contributed by atoms with Gasteiger partial charge in [-0.15, -0.1) is 0 Å². The van der Waals surface area contributed by atoms with E-state index in [4.69, 9.17) is 5.73 Å². The van der Waals surface area contributed by atoms with E-state index in [1.165, 1.54) is 22.3 Å². The average Bonchev–Trinajstić information content (AvgIpc) is 2.57. The molecule has 0 aliphatic carbocycles. The Labute approximate surface area is 102 Å². The topological polar surface area (TPSA) is 43.8 Å². The van der Waals surface area contributed by atoms with Gasteiger partial charge in [-0.2, -0.15) is 5.10 Å². The van der Waals surface area contributed by atoms with Crippen molar-refractivity contribution in [1.82, 2.24) is 9.78 Å². The lowest BCUT2D eigenvalue weighted by Crippen LogP contribution is -2.05. The van der Waals surface area contributed by atoms with Crippen LogP contribution in [0.15, 0.2) is 18.2 Å². The molecule has 1 aromatic carbocycles. The zero-order valence-electron chi connectivity index (χ0n) is 10.9. The second kappa shape index (κ2) is 4.34. The van der Waals surface area contributed by atoms with Crippen LogP contribution < -0.4 is 5.73 Å². The van der Waals surface area contributed by atoms with Crippen molar-refractivity contribution in [3.8, 4) is 11.1 Å². The highest BCUT2D eigenvalue weighted by Crippen LogP contribution is 2.28. The summed E-state index contributed by atoms with van der Waals surface area (Å²) in [4.78, 5) is 0. The average molecular weight is 229 g/mol. The smallest absolute Gasteiger partial charge is 0.0675 e. The van der Waals surface area contributed by atoms with Crippen LogP contribution in [-0.4, -0.2) is 9.78 Å². The fraction of sp³-hybridized carbons (Fsp3) is 0.357. The highest BCUT2D eigenvalue weighted by atomic mass is 15.3. The molecule has 0 saturated heterocycles. The number of hydrogen-bond donors (Lipinski definition) is 1. The van der Waals surface area contributed by atoms with Crippen molar-refractivity contribution in [1.29, 1.82) is 0 Å². The Kier molecular flexibility index (Phi) is 3.03. The third kappa shape index (κ3) is 1.98. The van der Waals surface area contributed by atoms with Crippen LogP contribution in [0.1, 0.15) is 22.5 Å². The van der Waals surface area contributed by atoms with Crippen LogP contribution in [0.2, 0.25) is 0 Å². The lowest BCUT2D eigenvalue weighted by molar-refractivity contribution is 0.706. The van der Waals surface area contributed by atoms with Gasteiger partial charge >= 0.3 is 0 Å². The van der Waals surface area contributed by atoms with Gasteiger partial charge < -0.3 is 5.73 Å². The van der Waals surface area contributed by atoms with Crippen LogP contribution in [0.4, 0.5) is 0 Å². The Morgan fingerprint density at radius 1 is 1.18 bits per heavy atom. The van der Waals surface area contributed by atoms with Crippen molar-refractivity contribution >= 4 is 0 Å². The van der Waals surface area contributed by atoms with Gasteiger partial charge in [0.2, 0.25) is 0 Å². The fourth-order valence-corrected chi connectivity index (χ4v) is 2.21. The summed E-state index contributed by atoms with van der Waals surface area (Å²) in [6.45, 7) is 6.80. The molecule has 0 saturated carbocycles. The van der Waals surface area contributed by atoms with E-state index >= 15 is 0 Å². The van der Waals surface area contributed by atoms with Crippen molar-refractivity contribution < 1.29 is 0 Å². The summed E-state index contributed by atoms with van der Waals surface area (Å²) in [7, 11) is 1.94. The van der Waals surface area contributed by atoms with E-state index in [9.17, 15) is 0 Å². The maximum atomic E-state index is 5.81. The summed E-state index contributed by atoms with van der Waals surface area (Å²) in [5.41, 5.74) is 12.9. The molecule has 0 amide bonds. The van der Waals surface area contributed by atoms with Gasteiger partial charge in [-0.05, 0) is 37.5 Å². The molecule has 2 rings (SSSR count). The quantitative estimate of drug-likeness (QED) is 0.859. The largest absolute Gasteiger partial charge is 0.325 e.